The van der Waals surface area contributed by atoms with Crippen LogP contribution in [-0.4, -0.2) is 24.2 Å². The molecule has 0 fully saturated rings. The minimum atomic E-state index is -0.989. The summed E-state index contributed by atoms with van der Waals surface area (Å²) in [4.78, 5) is 0. The van der Waals surface area contributed by atoms with Crippen molar-refractivity contribution in [3.63, 3.8) is 0 Å². The smallest absolute Gasteiger partial charge is 0.148 e. The van der Waals surface area contributed by atoms with Crippen molar-refractivity contribution in [3.05, 3.63) is 29.1 Å². The van der Waals surface area contributed by atoms with Crippen LogP contribution in [0.25, 0.3) is 0 Å². The van der Waals surface area contributed by atoms with Crippen molar-refractivity contribution in [2.45, 2.75) is 32.4 Å². The molecule has 0 bridgehead atoms. The van der Waals surface area contributed by atoms with Gasteiger partial charge in [0.2, 0.25) is 0 Å². The molecule has 5 heteroatoms. The van der Waals surface area contributed by atoms with Crippen molar-refractivity contribution >= 4 is 5.69 Å². The standard InChI is InChI=1S/C14H20FN3O/c1-14(2,3)18-8-12(19)9-5-6-11(17-4)10(7-16)13(9)15/h5-6,12,17-19H,8H2,1-4H3. The highest BCUT2D eigenvalue weighted by Crippen LogP contribution is 2.25. The first kappa shape index (κ1) is 15.4. The van der Waals surface area contributed by atoms with E-state index in [1.54, 1.807) is 13.1 Å². The average Bonchev–Trinajstić information content (AvgIpc) is 2.34. The van der Waals surface area contributed by atoms with E-state index in [1.807, 2.05) is 26.8 Å². The zero-order valence-corrected chi connectivity index (χ0v) is 11.7. The number of nitrogens with zero attached hydrogens (tertiary/aromatic N) is 1. The van der Waals surface area contributed by atoms with Gasteiger partial charge in [-0.3, -0.25) is 0 Å². The SMILES string of the molecule is CNc1ccc(C(O)CNC(C)(C)C)c(F)c1C#N. The van der Waals surface area contributed by atoms with E-state index in [1.165, 1.54) is 6.07 Å². The first-order chi connectivity index (χ1) is 8.80. The third kappa shape index (κ3) is 3.91. The first-order valence-electron chi connectivity index (χ1n) is 6.13. The van der Waals surface area contributed by atoms with E-state index >= 15 is 0 Å². The maximum Gasteiger partial charge on any atom is 0.148 e. The average molecular weight is 265 g/mol. The second-order valence-electron chi connectivity index (χ2n) is 5.40. The number of aliphatic hydroxyl groups excluding tert-OH is 1. The van der Waals surface area contributed by atoms with Crippen molar-refractivity contribution < 1.29 is 9.50 Å². The summed E-state index contributed by atoms with van der Waals surface area (Å²) in [6.07, 6.45) is -0.989. The molecule has 104 valence electrons. The number of rotatable bonds is 4. The topological polar surface area (TPSA) is 68.1 Å². The van der Waals surface area contributed by atoms with Gasteiger partial charge in [0, 0.05) is 24.7 Å². The highest BCUT2D eigenvalue weighted by Gasteiger charge is 2.20. The lowest BCUT2D eigenvalue weighted by molar-refractivity contribution is 0.159. The zero-order valence-electron chi connectivity index (χ0n) is 11.7. The van der Waals surface area contributed by atoms with Crippen molar-refractivity contribution in [1.82, 2.24) is 5.32 Å². The van der Waals surface area contributed by atoms with Gasteiger partial charge < -0.3 is 15.7 Å². The van der Waals surface area contributed by atoms with Gasteiger partial charge in [-0.2, -0.15) is 5.26 Å². The lowest BCUT2D eigenvalue weighted by atomic mass is 10.0. The van der Waals surface area contributed by atoms with Crippen molar-refractivity contribution in [3.8, 4) is 6.07 Å². The van der Waals surface area contributed by atoms with Crippen LogP contribution in [0.4, 0.5) is 10.1 Å². The van der Waals surface area contributed by atoms with Crippen LogP contribution in [0.3, 0.4) is 0 Å². The summed E-state index contributed by atoms with van der Waals surface area (Å²) in [5.74, 6) is -0.669. The lowest BCUT2D eigenvalue weighted by Gasteiger charge is -2.23. The molecule has 19 heavy (non-hydrogen) atoms. The van der Waals surface area contributed by atoms with E-state index in [2.05, 4.69) is 10.6 Å². The maximum absolute atomic E-state index is 14.1. The normalized spacial score (nSPS) is 12.9. The molecule has 0 aliphatic heterocycles. The van der Waals surface area contributed by atoms with E-state index in [9.17, 15) is 9.50 Å². The predicted molar refractivity (Wildman–Crippen MR) is 73.4 cm³/mol. The Hall–Kier alpha value is -1.64. The molecule has 3 N–H and O–H groups in total. The van der Waals surface area contributed by atoms with Crippen LogP contribution in [0.2, 0.25) is 0 Å². The fourth-order valence-corrected chi connectivity index (χ4v) is 1.68. The summed E-state index contributed by atoms with van der Waals surface area (Å²) in [6.45, 7) is 6.10. The van der Waals surface area contributed by atoms with Gasteiger partial charge in [-0.15, -0.1) is 0 Å². The van der Waals surface area contributed by atoms with Crippen LogP contribution < -0.4 is 10.6 Å². The van der Waals surface area contributed by atoms with Crippen LogP contribution in [0, 0.1) is 17.1 Å². The molecule has 0 saturated carbocycles. The Bertz CT molecular complexity index is 489. The van der Waals surface area contributed by atoms with E-state index in [4.69, 9.17) is 5.26 Å². The fourth-order valence-electron chi connectivity index (χ4n) is 1.68. The summed E-state index contributed by atoms with van der Waals surface area (Å²) in [5.41, 5.74) is 0.308. The van der Waals surface area contributed by atoms with E-state index in [0.717, 1.165) is 0 Å². The molecule has 0 heterocycles. The number of benzene rings is 1. The Morgan fingerprint density at radius 2 is 2.05 bits per heavy atom. The van der Waals surface area contributed by atoms with Gasteiger partial charge in [-0.25, -0.2) is 4.39 Å². The molecule has 0 aromatic heterocycles. The number of aliphatic hydroxyl groups is 1. The summed E-state index contributed by atoms with van der Waals surface area (Å²) < 4.78 is 14.1. The molecule has 4 nitrogen and oxygen atoms in total. The number of anilines is 1. The molecule has 0 saturated heterocycles. The second-order valence-corrected chi connectivity index (χ2v) is 5.40. The number of halogens is 1. The Labute approximate surface area is 113 Å². The molecule has 0 spiro atoms. The predicted octanol–water partition coefficient (Wildman–Crippen LogP) is 2.16. The monoisotopic (exact) mass is 265 g/mol. The van der Waals surface area contributed by atoms with Crippen molar-refractivity contribution in [1.29, 1.82) is 5.26 Å². The molecule has 1 rings (SSSR count). The second kappa shape index (κ2) is 6.00. The molecular formula is C14H20FN3O. The highest BCUT2D eigenvalue weighted by atomic mass is 19.1. The van der Waals surface area contributed by atoms with Gasteiger partial charge in [0.15, 0.2) is 0 Å². The largest absolute Gasteiger partial charge is 0.387 e. The molecule has 0 radical (unpaired) electrons. The third-order valence-corrected chi connectivity index (χ3v) is 2.74. The Balaban J connectivity index is 2.99. The van der Waals surface area contributed by atoms with Crippen LogP contribution >= 0.6 is 0 Å². The number of hydrogen-bond acceptors (Lipinski definition) is 4. The number of hydrogen-bond donors (Lipinski definition) is 3. The van der Waals surface area contributed by atoms with Crippen LogP contribution in [0.1, 0.15) is 38.0 Å². The molecule has 0 aliphatic rings. The minimum absolute atomic E-state index is 0.0743. The Morgan fingerprint density at radius 1 is 1.42 bits per heavy atom. The first-order valence-corrected chi connectivity index (χ1v) is 6.13. The summed E-state index contributed by atoms with van der Waals surface area (Å²) in [7, 11) is 1.62. The zero-order chi connectivity index (χ0) is 14.6. The number of nitrogens with one attached hydrogen (secondary N) is 2. The minimum Gasteiger partial charge on any atom is -0.387 e. The van der Waals surface area contributed by atoms with Gasteiger partial charge >= 0.3 is 0 Å². The Kier molecular flexibility index (Phi) is 4.87. The Morgan fingerprint density at radius 3 is 2.53 bits per heavy atom. The fraction of sp³-hybridized carbons (Fsp3) is 0.500. The molecule has 0 aliphatic carbocycles. The number of β-amino-alcohol motifs (C(OH)–C–C–N with tert-alkyl or cyclic N) is 1. The molecular weight excluding hydrogens is 245 g/mol. The molecule has 0 amide bonds. The quantitative estimate of drug-likeness (QED) is 0.780. The molecule has 1 unspecified atom stereocenters. The summed E-state index contributed by atoms with van der Waals surface area (Å²) >= 11 is 0. The van der Waals surface area contributed by atoms with Crippen LogP contribution in [0.15, 0.2) is 12.1 Å². The van der Waals surface area contributed by atoms with E-state index < -0.39 is 11.9 Å². The summed E-state index contributed by atoms with van der Waals surface area (Å²) in [5, 5.41) is 24.8. The van der Waals surface area contributed by atoms with Gasteiger partial charge in [0.25, 0.3) is 0 Å². The van der Waals surface area contributed by atoms with Gasteiger partial charge in [-0.05, 0) is 26.8 Å². The molecule has 1 aromatic rings. The molecule has 1 atom stereocenters. The van der Waals surface area contributed by atoms with Gasteiger partial charge in [0.05, 0.1) is 11.8 Å². The maximum atomic E-state index is 14.1. The molecule has 1 aromatic carbocycles. The van der Waals surface area contributed by atoms with Gasteiger partial charge in [0.1, 0.15) is 17.4 Å². The van der Waals surface area contributed by atoms with E-state index in [-0.39, 0.29) is 23.2 Å². The van der Waals surface area contributed by atoms with Gasteiger partial charge in [-0.1, -0.05) is 6.07 Å². The number of nitriles is 1. The van der Waals surface area contributed by atoms with Crippen molar-refractivity contribution in [2.24, 2.45) is 0 Å². The van der Waals surface area contributed by atoms with Crippen molar-refractivity contribution in [2.75, 3.05) is 18.9 Å². The van der Waals surface area contributed by atoms with E-state index in [0.29, 0.717) is 5.69 Å². The van der Waals surface area contributed by atoms with Crippen LogP contribution in [-0.2, 0) is 0 Å². The highest BCUT2D eigenvalue weighted by molar-refractivity contribution is 5.59. The summed E-state index contributed by atoms with van der Waals surface area (Å²) in [6, 6.07) is 4.90. The lowest BCUT2D eigenvalue weighted by Crippen LogP contribution is -2.38. The van der Waals surface area contributed by atoms with Crippen LogP contribution in [0.5, 0.6) is 0 Å². The third-order valence-electron chi connectivity index (χ3n) is 2.74.